The summed E-state index contributed by atoms with van der Waals surface area (Å²) in [6.45, 7) is 7.39. The van der Waals surface area contributed by atoms with Crippen molar-refractivity contribution in [2.75, 3.05) is 44.1 Å². The quantitative estimate of drug-likeness (QED) is 0.466. The van der Waals surface area contributed by atoms with Gasteiger partial charge in [0.25, 0.3) is 0 Å². The van der Waals surface area contributed by atoms with Gasteiger partial charge < -0.3 is 24.8 Å². The molecule has 0 aromatic heterocycles. The zero-order valence-electron chi connectivity index (χ0n) is 15.8. The Labute approximate surface area is 160 Å². The Kier molecular flexibility index (Phi) is 8.19. The van der Waals surface area contributed by atoms with Gasteiger partial charge in [-0.05, 0) is 61.0 Å². The largest absolute Gasteiger partial charge is 0.491 e. The molecule has 0 saturated heterocycles. The topological polar surface area (TPSA) is 68.8 Å². The third kappa shape index (κ3) is 7.83. The first kappa shape index (κ1) is 20.3. The Bertz CT molecular complexity index is 727. The second-order valence-electron chi connectivity index (χ2n) is 6.04. The molecule has 0 aliphatic rings. The maximum atomic E-state index is 12.1. The Morgan fingerprint density at radius 3 is 2.11 bits per heavy atom. The first-order valence-corrected chi connectivity index (χ1v) is 8.69. The average molecular weight is 370 g/mol. The standard InChI is InChI=1S/C21H26N2O4/c1-16(2)15-27-20-10-6-18(7-11-20)23-21(24)14-22-17-4-8-19(9-5-17)26-13-12-25-3/h4-11,22H,1,12-15H2,2-3H3,(H,23,24). The van der Waals surface area contributed by atoms with E-state index in [1.54, 1.807) is 19.2 Å². The molecule has 2 rings (SSSR count). The fourth-order valence-electron chi connectivity index (χ4n) is 2.14. The summed E-state index contributed by atoms with van der Waals surface area (Å²) in [5, 5.41) is 5.91. The lowest BCUT2D eigenvalue weighted by Crippen LogP contribution is -2.21. The fraction of sp³-hybridized carbons (Fsp3) is 0.286. The highest BCUT2D eigenvalue weighted by Crippen LogP contribution is 2.17. The maximum Gasteiger partial charge on any atom is 0.243 e. The molecule has 2 aromatic carbocycles. The predicted molar refractivity (Wildman–Crippen MR) is 108 cm³/mol. The van der Waals surface area contributed by atoms with Crippen molar-refractivity contribution in [3.8, 4) is 11.5 Å². The lowest BCUT2D eigenvalue weighted by atomic mass is 10.3. The van der Waals surface area contributed by atoms with E-state index in [2.05, 4.69) is 17.2 Å². The highest BCUT2D eigenvalue weighted by molar-refractivity contribution is 5.93. The molecule has 1 amide bonds. The highest BCUT2D eigenvalue weighted by Gasteiger charge is 2.03. The van der Waals surface area contributed by atoms with Gasteiger partial charge in [-0.2, -0.15) is 0 Å². The number of carbonyl (C=O) groups is 1. The molecule has 0 aliphatic heterocycles. The molecule has 0 saturated carbocycles. The third-order valence-electron chi connectivity index (χ3n) is 3.49. The van der Waals surface area contributed by atoms with Gasteiger partial charge in [0.1, 0.15) is 24.7 Å². The van der Waals surface area contributed by atoms with Crippen LogP contribution >= 0.6 is 0 Å². The molecule has 0 spiro atoms. The number of amides is 1. The van der Waals surface area contributed by atoms with E-state index in [4.69, 9.17) is 14.2 Å². The number of hydrogen-bond donors (Lipinski definition) is 2. The van der Waals surface area contributed by atoms with E-state index in [1.807, 2.05) is 43.3 Å². The molecule has 0 radical (unpaired) electrons. The summed E-state index contributed by atoms with van der Waals surface area (Å²) in [5.41, 5.74) is 2.51. The van der Waals surface area contributed by atoms with E-state index in [0.717, 1.165) is 22.8 Å². The maximum absolute atomic E-state index is 12.1. The van der Waals surface area contributed by atoms with Crippen LogP contribution in [0, 0.1) is 0 Å². The SMILES string of the molecule is C=C(C)COc1ccc(NC(=O)CNc2ccc(OCCOC)cc2)cc1. The third-order valence-corrected chi connectivity index (χ3v) is 3.49. The Morgan fingerprint density at radius 2 is 1.52 bits per heavy atom. The summed E-state index contributed by atoms with van der Waals surface area (Å²) < 4.78 is 16.0. The Hall–Kier alpha value is -2.99. The van der Waals surface area contributed by atoms with Crippen LogP contribution in [-0.4, -0.2) is 39.4 Å². The van der Waals surface area contributed by atoms with Gasteiger partial charge >= 0.3 is 0 Å². The van der Waals surface area contributed by atoms with Crippen molar-refractivity contribution in [2.24, 2.45) is 0 Å². The summed E-state index contributed by atoms with van der Waals surface area (Å²) >= 11 is 0. The lowest BCUT2D eigenvalue weighted by Gasteiger charge is -2.10. The number of benzene rings is 2. The number of hydrogen-bond acceptors (Lipinski definition) is 5. The molecule has 0 fully saturated rings. The molecule has 0 aliphatic carbocycles. The summed E-state index contributed by atoms with van der Waals surface area (Å²) in [4.78, 5) is 12.1. The number of carbonyl (C=O) groups excluding carboxylic acids is 1. The van der Waals surface area contributed by atoms with Crippen LogP contribution in [0.15, 0.2) is 60.7 Å². The molecular weight excluding hydrogens is 344 g/mol. The van der Waals surface area contributed by atoms with Gasteiger partial charge in [-0.1, -0.05) is 6.58 Å². The van der Waals surface area contributed by atoms with Crippen LogP contribution in [0.2, 0.25) is 0 Å². The molecule has 6 nitrogen and oxygen atoms in total. The van der Waals surface area contributed by atoms with Crippen molar-refractivity contribution in [2.45, 2.75) is 6.92 Å². The van der Waals surface area contributed by atoms with Crippen molar-refractivity contribution in [1.29, 1.82) is 0 Å². The summed E-state index contributed by atoms with van der Waals surface area (Å²) in [5.74, 6) is 1.36. The first-order valence-electron chi connectivity index (χ1n) is 8.69. The van der Waals surface area contributed by atoms with Crippen LogP contribution in [0.5, 0.6) is 11.5 Å². The second-order valence-corrected chi connectivity index (χ2v) is 6.04. The normalized spacial score (nSPS) is 10.1. The minimum atomic E-state index is -0.133. The van der Waals surface area contributed by atoms with Gasteiger partial charge in [0.05, 0.1) is 13.2 Å². The molecule has 144 valence electrons. The van der Waals surface area contributed by atoms with Gasteiger partial charge in [-0.25, -0.2) is 0 Å². The molecule has 27 heavy (non-hydrogen) atoms. The smallest absolute Gasteiger partial charge is 0.243 e. The molecule has 6 heteroatoms. The van der Waals surface area contributed by atoms with Crippen LogP contribution < -0.4 is 20.1 Å². The average Bonchev–Trinajstić information content (AvgIpc) is 2.67. The Morgan fingerprint density at radius 1 is 0.926 bits per heavy atom. The zero-order valence-corrected chi connectivity index (χ0v) is 15.8. The molecule has 0 bridgehead atoms. The van der Waals surface area contributed by atoms with E-state index in [9.17, 15) is 4.79 Å². The molecule has 0 atom stereocenters. The highest BCUT2D eigenvalue weighted by atomic mass is 16.5. The molecule has 2 N–H and O–H groups in total. The lowest BCUT2D eigenvalue weighted by molar-refractivity contribution is -0.114. The second kappa shape index (κ2) is 10.9. The minimum Gasteiger partial charge on any atom is -0.491 e. The van der Waals surface area contributed by atoms with Crippen LogP contribution in [-0.2, 0) is 9.53 Å². The summed E-state index contributed by atoms with van der Waals surface area (Å²) in [7, 11) is 1.63. The van der Waals surface area contributed by atoms with Crippen LogP contribution in [0.4, 0.5) is 11.4 Å². The van der Waals surface area contributed by atoms with E-state index < -0.39 is 0 Å². The predicted octanol–water partition coefficient (Wildman–Crippen LogP) is 3.72. The van der Waals surface area contributed by atoms with Gasteiger partial charge in [0.2, 0.25) is 5.91 Å². The number of methoxy groups -OCH3 is 1. The molecule has 0 heterocycles. The van der Waals surface area contributed by atoms with Gasteiger partial charge in [0, 0.05) is 18.5 Å². The van der Waals surface area contributed by atoms with E-state index >= 15 is 0 Å². The molecular formula is C21H26N2O4. The van der Waals surface area contributed by atoms with Crippen molar-refractivity contribution in [3.63, 3.8) is 0 Å². The van der Waals surface area contributed by atoms with E-state index in [1.165, 1.54) is 0 Å². The van der Waals surface area contributed by atoms with Gasteiger partial charge in [0.15, 0.2) is 0 Å². The number of ether oxygens (including phenoxy) is 3. The van der Waals surface area contributed by atoms with Crippen molar-refractivity contribution < 1.29 is 19.0 Å². The zero-order chi connectivity index (χ0) is 19.5. The molecule has 0 unspecified atom stereocenters. The monoisotopic (exact) mass is 370 g/mol. The molecule has 2 aromatic rings. The van der Waals surface area contributed by atoms with Crippen molar-refractivity contribution >= 4 is 17.3 Å². The number of rotatable bonds is 11. The number of nitrogens with one attached hydrogen (secondary N) is 2. The number of anilines is 2. The van der Waals surface area contributed by atoms with Crippen LogP contribution in [0.3, 0.4) is 0 Å². The fourth-order valence-corrected chi connectivity index (χ4v) is 2.14. The van der Waals surface area contributed by atoms with Crippen LogP contribution in [0.25, 0.3) is 0 Å². The van der Waals surface area contributed by atoms with E-state index in [0.29, 0.717) is 25.5 Å². The van der Waals surface area contributed by atoms with Gasteiger partial charge in [-0.3, -0.25) is 4.79 Å². The van der Waals surface area contributed by atoms with Crippen molar-refractivity contribution in [1.82, 2.24) is 0 Å². The Balaban J connectivity index is 1.74. The summed E-state index contributed by atoms with van der Waals surface area (Å²) in [6.07, 6.45) is 0. The van der Waals surface area contributed by atoms with Crippen molar-refractivity contribution in [3.05, 3.63) is 60.7 Å². The van der Waals surface area contributed by atoms with Crippen LogP contribution in [0.1, 0.15) is 6.92 Å². The first-order chi connectivity index (χ1) is 13.1. The minimum absolute atomic E-state index is 0.133. The van der Waals surface area contributed by atoms with E-state index in [-0.39, 0.29) is 12.5 Å². The van der Waals surface area contributed by atoms with Gasteiger partial charge in [-0.15, -0.1) is 0 Å². The summed E-state index contributed by atoms with van der Waals surface area (Å²) in [6, 6.07) is 14.7.